The van der Waals surface area contributed by atoms with Gasteiger partial charge in [-0.05, 0) is 61.7 Å². The van der Waals surface area contributed by atoms with Crippen LogP contribution in [0, 0.1) is 11.2 Å². The van der Waals surface area contributed by atoms with E-state index in [1.807, 2.05) is 24.3 Å². The van der Waals surface area contributed by atoms with Crippen molar-refractivity contribution in [1.82, 2.24) is 9.62 Å². The van der Waals surface area contributed by atoms with Crippen molar-refractivity contribution in [2.75, 3.05) is 20.2 Å². The standard InChI is InChI=1S/C21H25FN2O4S/c1-21(20(25)23-14-16-4-8-18(28-2)9-5-16)12-3-13-24(15-21)29(26,27)19-10-6-17(22)7-11-19/h4-11H,3,12-15H2,1-2H3,(H,23,25)/t21-/m0/s1. The molecule has 1 atom stereocenters. The largest absolute Gasteiger partial charge is 0.497 e. The number of hydrogen-bond donors (Lipinski definition) is 1. The zero-order valence-corrected chi connectivity index (χ0v) is 17.3. The first-order valence-electron chi connectivity index (χ1n) is 9.41. The molecule has 29 heavy (non-hydrogen) atoms. The molecule has 8 heteroatoms. The van der Waals surface area contributed by atoms with Gasteiger partial charge < -0.3 is 10.1 Å². The number of sulfonamides is 1. The van der Waals surface area contributed by atoms with Gasteiger partial charge >= 0.3 is 0 Å². The molecule has 0 bridgehead atoms. The Morgan fingerprint density at radius 2 is 1.83 bits per heavy atom. The van der Waals surface area contributed by atoms with E-state index in [-0.39, 0.29) is 17.3 Å². The second-order valence-corrected chi connectivity index (χ2v) is 9.43. The quantitative estimate of drug-likeness (QED) is 0.780. The molecule has 0 aliphatic carbocycles. The summed E-state index contributed by atoms with van der Waals surface area (Å²) in [5.41, 5.74) is 0.0898. The van der Waals surface area contributed by atoms with Gasteiger partial charge in [-0.25, -0.2) is 12.8 Å². The lowest BCUT2D eigenvalue weighted by Crippen LogP contribution is -2.51. The maximum atomic E-state index is 13.1. The number of rotatable bonds is 6. The summed E-state index contributed by atoms with van der Waals surface area (Å²) in [7, 11) is -2.20. The molecule has 0 unspecified atom stereocenters. The monoisotopic (exact) mass is 420 g/mol. The van der Waals surface area contributed by atoms with Crippen molar-refractivity contribution in [2.24, 2.45) is 5.41 Å². The highest BCUT2D eigenvalue weighted by atomic mass is 32.2. The smallest absolute Gasteiger partial charge is 0.243 e. The van der Waals surface area contributed by atoms with E-state index < -0.39 is 21.3 Å². The maximum Gasteiger partial charge on any atom is 0.243 e. The van der Waals surface area contributed by atoms with Crippen LogP contribution in [-0.2, 0) is 21.4 Å². The summed E-state index contributed by atoms with van der Waals surface area (Å²) in [4.78, 5) is 12.9. The predicted molar refractivity (Wildman–Crippen MR) is 107 cm³/mol. The van der Waals surface area contributed by atoms with Crippen LogP contribution >= 0.6 is 0 Å². The summed E-state index contributed by atoms with van der Waals surface area (Å²) in [6, 6.07) is 12.1. The van der Waals surface area contributed by atoms with Gasteiger partial charge in [0.1, 0.15) is 11.6 Å². The van der Waals surface area contributed by atoms with E-state index in [0.29, 0.717) is 25.9 Å². The van der Waals surface area contributed by atoms with Crippen molar-refractivity contribution >= 4 is 15.9 Å². The number of piperidine rings is 1. The van der Waals surface area contributed by atoms with E-state index in [1.54, 1.807) is 14.0 Å². The van der Waals surface area contributed by atoms with Crippen LogP contribution in [0.25, 0.3) is 0 Å². The maximum absolute atomic E-state index is 13.1. The lowest BCUT2D eigenvalue weighted by Gasteiger charge is -2.38. The van der Waals surface area contributed by atoms with Gasteiger partial charge in [0.2, 0.25) is 15.9 Å². The summed E-state index contributed by atoms with van der Waals surface area (Å²) in [5, 5.41) is 2.92. The number of ether oxygens (including phenoxy) is 1. The van der Waals surface area contributed by atoms with Crippen LogP contribution in [-0.4, -0.2) is 38.8 Å². The van der Waals surface area contributed by atoms with Crippen LogP contribution < -0.4 is 10.1 Å². The van der Waals surface area contributed by atoms with Gasteiger partial charge in [-0.3, -0.25) is 4.79 Å². The van der Waals surface area contributed by atoms with E-state index in [2.05, 4.69) is 5.32 Å². The molecule has 0 radical (unpaired) electrons. The highest BCUT2D eigenvalue weighted by Crippen LogP contribution is 2.33. The van der Waals surface area contributed by atoms with Gasteiger partial charge in [-0.15, -0.1) is 0 Å². The summed E-state index contributed by atoms with van der Waals surface area (Å²) in [6.45, 7) is 2.55. The molecule has 0 aromatic heterocycles. The number of halogens is 1. The highest BCUT2D eigenvalue weighted by Gasteiger charge is 2.41. The van der Waals surface area contributed by atoms with Crippen molar-refractivity contribution in [3.05, 3.63) is 59.9 Å². The number of benzene rings is 2. The Morgan fingerprint density at radius 3 is 2.45 bits per heavy atom. The van der Waals surface area contributed by atoms with Gasteiger partial charge in [0.15, 0.2) is 0 Å². The molecule has 6 nitrogen and oxygen atoms in total. The first kappa shape index (κ1) is 21.3. The Bertz CT molecular complexity index is 961. The molecule has 1 heterocycles. The SMILES string of the molecule is COc1ccc(CNC(=O)[C@@]2(C)CCCN(S(=O)(=O)c3ccc(F)cc3)C2)cc1. The number of amides is 1. The van der Waals surface area contributed by atoms with E-state index in [4.69, 9.17) is 4.74 Å². The molecule has 1 aliphatic heterocycles. The summed E-state index contributed by atoms with van der Waals surface area (Å²) >= 11 is 0. The Hall–Kier alpha value is -2.45. The van der Waals surface area contributed by atoms with E-state index in [0.717, 1.165) is 23.4 Å². The summed E-state index contributed by atoms with van der Waals surface area (Å²) < 4.78 is 45.4. The molecular formula is C21H25FN2O4S. The molecule has 1 saturated heterocycles. The summed E-state index contributed by atoms with van der Waals surface area (Å²) in [6.07, 6.45) is 1.17. The predicted octanol–water partition coefficient (Wildman–Crippen LogP) is 2.94. The van der Waals surface area contributed by atoms with Gasteiger partial charge in [0.25, 0.3) is 0 Å². The minimum atomic E-state index is -3.79. The lowest BCUT2D eigenvalue weighted by atomic mass is 9.82. The fourth-order valence-electron chi connectivity index (χ4n) is 3.48. The second-order valence-electron chi connectivity index (χ2n) is 7.49. The normalized spacial score (nSPS) is 20.2. The molecule has 1 aliphatic rings. The van der Waals surface area contributed by atoms with Crippen LogP contribution in [0.4, 0.5) is 4.39 Å². The first-order valence-corrected chi connectivity index (χ1v) is 10.9. The van der Waals surface area contributed by atoms with Crippen LogP contribution in [0.15, 0.2) is 53.4 Å². The van der Waals surface area contributed by atoms with Crippen molar-refractivity contribution in [3.8, 4) is 5.75 Å². The average molecular weight is 421 g/mol. The second kappa shape index (κ2) is 8.51. The van der Waals surface area contributed by atoms with Crippen LogP contribution in [0.3, 0.4) is 0 Å². The molecule has 2 aromatic carbocycles. The van der Waals surface area contributed by atoms with Crippen LogP contribution in [0.2, 0.25) is 0 Å². The number of methoxy groups -OCH3 is 1. The van der Waals surface area contributed by atoms with Gasteiger partial charge in [-0.2, -0.15) is 4.31 Å². The number of nitrogens with one attached hydrogen (secondary N) is 1. The average Bonchev–Trinajstić information content (AvgIpc) is 2.72. The van der Waals surface area contributed by atoms with Crippen molar-refractivity contribution < 1.29 is 22.3 Å². The van der Waals surface area contributed by atoms with Gasteiger partial charge in [0, 0.05) is 19.6 Å². The number of carbonyl (C=O) groups is 1. The molecule has 2 aromatic rings. The van der Waals surface area contributed by atoms with Crippen molar-refractivity contribution in [1.29, 1.82) is 0 Å². The van der Waals surface area contributed by atoms with E-state index >= 15 is 0 Å². The molecule has 1 fully saturated rings. The van der Waals surface area contributed by atoms with E-state index in [9.17, 15) is 17.6 Å². The molecular weight excluding hydrogens is 395 g/mol. The third-order valence-electron chi connectivity index (χ3n) is 5.27. The zero-order valence-electron chi connectivity index (χ0n) is 16.5. The zero-order chi connectivity index (χ0) is 21.1. The van der Waals surface area contributed by atoms with Gasteiger partial charge in [-0.1, -0.05) is 12.1 Å². The Balaban J connectivity index is 1.68. The number of nitrogens with zero attached hydrogens (tertiary/aromatic N) is 1. The highest BCUT2D eigenvalue weighted by molar-refractivity contribution is 7.89. The lowest BCUT2D eigenvalue weighted by molar-refractivity contribution is -0.132. The van der Waals surface area contributed by atoms with Crippen molar-refractivity contribution in [3.63, 3.8) is 0 Å². The topological polar surface area (TPSA) is 75.7 Å². The first-order chi connectivity index (χ1) is 13.7. The Labute approximate surface area is 170 Å². The number of carbonyl (C=O) groups excluding carboxylic acids is 1. The van der Waals surface area contributed by atoms with Crippen LogP contribution in [0.5, 0.6) is 5.75 Å². The molecule has 0 saturated carbocycles. The Kier molecular flexibility index (Phi) is 6.24. The fourth-order valence-corrected chi connectivity index (χ4v) is 5.08. The minimum absolute atomic E-state index is 0.0294. The molecule has 3 rings (SSSR count). The third kappa shape index (κ3) is 4.76. The number of hydrogen-bond acceptors (Lipinski definition) is 4. The third-order valence-corrected chi connectivity index (χ3v) is 7.13. The minimum Gasteiger partial charge on any atom is -0.497 e. The van der Waals surface area contributed by atoms with E-state index in [1.165, 1.54) is 16.4 Å². The fraction of sp³-hybridized carbons (Fsp3) is 0.381. The summed E-state index contributed by atoms with van der Waals surface area (Å²) in [5.74, 6) is 0.0543. The molecule has 156 valence electrons. The van der Waals surface area contributed by atoms with Crippen molar-refractivity contribution in [2.45, 2.75) is 31.2 Å². The Morgan fingerprint density at radius 1 is 1.17 bits per heavy atom. The molecule has 1 amide bonds. The van der Waals surface area contributed by atoms with Gasteiger partial charge in [0.05, 0.1) is 17.4 Å². The molecule has 1 N–H and O–H groups in total. The molecule has 0 spiro atoms. The van der Waals surface area contributed by atoms with Crippen LogP contribution in [0.1, 0.15) is 25.3 Å².